The van der Waals surface area contributed by atoms with Crippen LogP contribution >= 0.6 is 11.6 Å². The van der Waals surface area contributed by atoms with E-state index in [1.807, 2.05) is 6.92 Å². The van der Waals surface area contributed by atoms with Crippen molar-refractivity contribution in [3.05, 3.63) is 16.9 Å². The van der Waals surface area contributed by atoms with E-state index in [-0.39, 0.29) is 28.6 Å². The van der Waals surface area contributed by atoms with Crippen molar-refractivity contribution < 1.29 is 9.18 Å². The third kappa shape index (κ3) is 3.64. The van der Waals surface area contributed by atoms with Crippen LogP contribution in [-0.2, 0) is 4.79 Å². The molecule has 1 aromatic carbocycles. The molecule has 0 aliphatic heterocycles. The number of nitrogen functional groups attached to an aromatic ring is 2. The number of unbranched alkanes of at least 4 members (excludes halogenated alkanes) is 1. The molecule has 7 heteroatoms. The van der Waals surface area contributed by atoms with Crippen LogP contribution in [0.5, 0.6) is 0 Å². The second-order valence-corrected chi connectivity index (χ2v) is 4.65. The fourth-order valence-electron chi connectivity index (χ4n) is 1.79. The molecule has 0 radical (unpaired) electrons. The zero-order valence-electron chi connectivity index (χ0n) is 10.7. The monoisotopic (exact) mass is 288 g/mol. The van der Waals surface area contributed by atoms with Gasteiger partial charge in [-0.3, -0.25) is 4.79 Å². The summed E-state index contributed by atoms with van der Waals surface area (Å²) < 4.78 is 14.2. The van der Waals surface area contributed by atoms with Gasteiger partial charge < -0.3 is 22.1 Å². The number of carbonyl (C=O) groups excluding carboxylic acids is 1. The maximum Gasteiger partial charge on any atom is 0.236 e. The zero-order chi connectivity index (χ0) is 14.6. The number of carbonyl (C=O) groups is 1. The van der Waals surface area contributed by atoms with E-state index in [1.165, 1.54) is 11.0 Å². The molecule has 1 aromatic rings. The van der Waals surface area contributed by atoms with Crippen LogP contribution in [0.2, 0.25) is 5.02 Å². The van der Waals surface area contributed by atoms with Crippen LogP contribution in [0.25, 0.3) is 0 Å². The lowest BCUT2D eigenvalue weighted by atomic mass is 10.2. The first-order chi connectivity index (χ1) is 8.88. The van der Waals surface area contributed by atoms with Crippen molar-refractivity contribution in [2.45, 2.75) is 19.8 Å². The Hall–Kier alpha value is -1.69. The van der Waals surface area contributed by atoms with Crippen molar-refractivity contribution in [3.63, 3.8) is 0 Å². The van der Waals surface area contributed by atoms with Crippen LogP contribution in [0.3, 0.4) is 0 Å². The first-order valence-corrected chi connectivity index (χ1v) is 6.32. The normalized spacial score (nSPS) is 10.5. The summed E-state index contributed by atoms with van der Waals surface area (Å²) in [5, 5.41) is -0.199. The lowest BCUT2D eigenvalue weighted by molar-refractivity contribution is -0.116. The number of primary amides is 1. The summed E-state index contributed by atoms with van der Waals surface area (Å²) in [5.41, 5.74) is 16.7. The van der Waals surface area contributed by atoms with Gasteiger partial charge in [0.25, 0.3) is 0 Å². The highest BCUT2D eigenvalue weighted by molar-refractivity contribution is 6.33. The third-order valence-electron chi connectivity index (χ3n) is 2.68. The minimum absolute atomic E-state index is 0.0648. The van der Waals surface area contributed by atoms with Gasteiger partial charge in [-0.1, -0.05) is 24.9 Å². The fourth-order valence-corrected chi connectivity index (χ4v) is 1.93. The third-order valence-corrected chi connectivity index (χ3v) is 3.07. The number of hydrogen-bond donors (Lipinski definition) is 3. The Morgan fingerprint density at radius 2 is 2.05 bits per heavy atom. The standard InChI is InChI=1S/C12H18ClFN4O/c1-2-3-4-18(6-9(17)19)12-8(16)5-7(15)10(13)11(12)14/h5H,2-4,6,15-16H2,1H3,(H2,17,19). The van der Waals surface area contributed by atoms with E-state index in [1.54, 1.807) is 0 Å². The molecule has 0 atom stereocenters. The number of nitrogens with two attached hydrogens (primary N) is 3. The predicted molar refractivity (Wildman–Crippen MR) is 76.6 cm³/mol. The van der Waals surface area contributed by atoms with Gasteiger partial charge in [0, 0.05) is 6.54 Å². The van der Waals surface area contributed by atoms with Crippen LogP contribution in [0.4, 0.5) is 21.5 Å². The molecule has 0 aromatic heterocycles. The fraction of sp³-hybridized carbons (Fsp3) is 0.417. The molecule has 0 heterocycles. The van der Waals surface area contributed by atoms with Gasteiger partial charge in [-0.2, -0.15) is 0 Å². The highest BCUT2D eigenvalue weighted by Gasteiger charge is 2.20. The summed E-state index contributed by atoms with van der Waals surface area (Å²) in [7, 11) is 0. The molecular weight excluding hydrogens is 271 g/mol. The van der Waals surface area contributed by atoms with Gasteiger partial charge in [-0.25, -0.2) is 4.39 Å². The molecule has 0 unspecified atom stereocenters. The molecule has 1 rings (SSSR count). The molecular formula is C12H18ClFN4O. The quantitative estimate of drug-likeness (QED) is 0.694. The lowest BCUT2D eigenvalue weighted by Crippen LogP contribution is -2.35. The first kappa shape index (κ1) is 15.4. The Morgan fingerprint density at radius 3 is 2.58 bits per heavy atom. The van der Waals surface area contributed by atoms with Crippen LogP contribution in [0.1, 0.15) is 19.8 Å². The topological polar surface area (TPSA) is 98.4 Å². The molecule has 0 saturated carbocycles. The van der Waals surface area contributed by atoms with Crippen LogP contribution in [0.15, 0.2) is 6.07 Å². The van der Waals surface area contributed by atoms with E-state index >= 15 is 0 Å². The van der Waals surface area contributed by atoms with Gasteiger partial charge in [0.1, 0.15) is 5.02 Å². The smallest absolute Gasteiger partial charge is 0.236 e. The van der Waals surface area contributed by atoms with Crippen molar-refractivity contribution in [1.82, 2.24) is 0 Å². The maximum absolute atomic E-state index is 14.2. The molecule has 0 spiro atoms. The van der Waals surface area contributed by atoms with Crippen LogP contribution < -0.4 is 22.1 Å². The highest BCUT2D eigenvalue weighted by atomic mass is 35.5. The Bertz CT molecular complexity index is 481. The number of amides is 1. The molecule has 106 valence electrons. The minimum Gasteiger partial charge on any atom is -0.397 e. The van der Waals surface area contributed by atoms with Gasteiger partial charge in [-0.15, -0.1) is 0 Å². The largest absolute Gasteiger partial charge is 0.397 e. The van der Waals surface area contributed by atoms with Gasteiger partial charge in [0.2, 0.25) is 5.91 Å². The van der Waals surface area contributed by atoms with Crippen molar-refractivity contribution in [1.29, 1.82) is 0 Å². The Labute approximate surface area is 116 Å². The van der Waals surface area contributed by atoms with Gasteiger partial charge in [0.05, 0.1) is 23.6 Å². The molecule has 19 heavy (non-hydrogen) atoms. The minimum atomic E-state index is -0.725. The zero-order valence-corrected chi connectivity index (χ0v) is 11.5. The number of anilines is 3. The average Bonchev–Trinajstić information content (AvgIpc) is 2.32. The van der Waals surface area contributed by atoms with Crippen molar-refractivity contribution >= 4 is 34.6 Å². The summed E-state index contributed by atoms with van der Waals surface area (Å²) in [4.78, 5) is 12.6. The summed E-state index contributed by atoms with van der Waals surface area (Å²) in [6.07, 6.45) is 1.66. The van der Waals surface area contributed by atoms with Crippen LogP contribution in [-0.4, -0.2) is 19.0 Å². The van der Waals surface area contributed by atoms with Crippen molar-refractivity contribution in [2.75, 3.05) is 29.5 Å². The predicted octanol–water partition coefficient (Wildman–Crippen LogP) is 1.74. The Morgan fingerprint density at radius 1 is 1.42 bits per heavy atom. The Kier molecular flexibility index (Phi) is 5.23. The number of halogens is 2. The van der Waals surface area contributed by atoms with E-state index < -0.39 is 11.7 Å². The van der Waals surface area contributed by atoms with E-state index in [4.69, 9.17) is 28.8 Å². The average molecular weight is 289 g/mol. The summed E-state index contributed by atoms with van der Waals surface area (Å²) in [6, 6.07) is 1.38. The molecule has 0 aliphatic rings. The highest BCUT2D eigenvalue weighted by Crippen LogP contribution is 2.36. The Balaban J connectivity index is 3.21. The van der Waals surface area contributed by atoms with Gasteiger partial charge in [0.15, 0.2) is 5.82 Å². The van der Waals surface area contributed by atoms with Gasteiger partial charge >= 0.3 is 0 Å². The van der Waals surface area contributed by atoms with E-state index in [0.29, 0.717) is 6.54 Å². The molecule has 5 nitrogen and oxygen atoms in total. The lowest BCUT2D eigenvalue weighted by Gasteiger charge is -2.25. The summed E-state index contributed by atoms with van der Waals surface area (Å²) >= 11 is 5.77. The maximum atomic E-state index is 14.2. The van der Waals surface area contributed by atoms with E-state index in [0.717, 1.165) is 12.8 Å². The molecule has 1 amide bonds. The van der Waals surface area contributed by atoms with E-state index in [2.05, 4.69) is 0 Å². The van der Waals surface area contributed by atoms with Gasteiger partial charge in [-0.05, 0) is 12.5 Å². The molecule has 0 fully saturated rings. The van der Waals surface area contributed by atoms with Crippen LogP contribution in [0, 0.1) is 5.82 Å². The summed E-state index contributed by atoms with van der Waals surface area (Å²) in [5.74, 6) is -1.29. The molecule has 0 bridgehead atoms. The number of rotatable bonds is 6. The van der Waals surface area contributed by atoms with Crippen molar-refractivity contribution in [2.24, 2.45) is 5.73 Å². The molecule has 0 aliphatic carbocycles. The first-order valence-electron chi connectivity index (χ1n) is 5.94. The number of benzene rings is 1. The number of nitrogens with zero attached hydrogens (tertiary/aromatic N) is 1. The molecule has 0 saturated heterocycles. The van der Waals surface area contributed by atoms with E-state index in [9.17, 15) is 9.18 Å². The second kappa shape index (κ2) is 6.47. The van der Waals surface area contributed by atoms with Crippen molar-refractivity contribution in [3.8, 4) is 0 Å². The summed E-state index contributed by atoms with van der Waals surface area (Å²) in [6.45, 7) is 2.32. The second-order valence-electron chi connectivity index (χ2n) is 4.27. The number of hydrogen-bond acceptors (Lipinski definition) is 4. The SMILES string of the molecule is CCCCN(CC(N)=O)c1c(N)cc(N)c(Cl)c1F. The molecule has 6 N–H and O–H groups in total.